The second-order valence-electron chi connectivity index (χ2n) is 4.36. The van der Waals surface area contributed by atoms with E-state index in [1.165, 1.54) is 0 Å². The van der Waals surface area contributed by atoms with Crippen molar-refractivity contribution in [1.29, 1.82) is 0 Å². The number of hydrogen-bond donors (Lipinski definition) is 2. The molecule has 0 radical (unpaired) electrons. The van der Waals surface area contributed by atoms with Crippen LogP contribution in [-0.4, -0.2) is 25.6 Å². The largest absolute Gasteiger partial charge is 0.320 e. The van der Waals surface area contributed by atoms with Gasteiger partial charge in [-0.3, -0.25) is 9.52 Å². The third kappa shape index (κ3) is 4.10. The molecule has 10 heteroatoms. The number of nitrogens with zero attached hydrogens (tertiary/aromatic N) is 1. The molecule has 6 nitrogen and oxygen atoms in total. The zero-order valence-corrected chi connectivity index (χ0v) is 14.6. The number of aryl methyl sites for hydroxylation is 1. The van der Waals surface area contributed by atoms with Crippen molar-refractivity contribution >= 4 is 61.3 Å². The molecule has 2 N–H and O–H groups in total. The minimum Gasteiger partial charge on any atom is -0.320 e. The summed E-state index contributed by atoms with van der Waals surface area (Å²) in [7, 11) is -3.45. The third-order valence-corrected chi connectivity index (χ3v) is 5.06. The van der Waals surface area contributed by atoms with Gasteiger partial charge in [-0.05, 0) is 19.1 Å². The molecule has 0 saturated heterocycles. The summed E-state index contributed by atoms with van der Waals surface area (Å²) in [6.45, 7) is 1.61. The Labute approximate surface area is 141 Å². The first-order chi connectivity index (χ1) is 10.2. The number of rotatable bonds is 4. The van der Waals surface area contributed by atoms with Crippen LogP contribution in [0.15, 0.2) is 18.2 Å². The molecule has 0 fully saturated rings. The third-order valence-electron chi connectivity index (χ3n) is 2.48. The standard InChI is InChI=1S/C12H11Cl2N3O3S2/c1-6-10(21-12(15-6)17-22(2,19)20)11(18)16-8-5-3-4-7(13)9(8)14/h3-5H,1-2H3,(H,15,17)(H,16,18). The zero-order valence-electron chi connectivity index (χ0n) is 11.5. The summed E-state index contributed by atoms with van der Waals surface area (Å²) in [5.74, 6) is -0.444. The topological polar surface area (TPSA) is 88.2 Å². The van der Waals surface area contributed by atoms with Crippen LogP contribution in [-0.2, 0) is 10.0 Å². The van der Waals surface area contributed by atoms with Crippen molar-refractivity contribution in [1.82, 2.24) is 4.98 Å². The van der Waals surface area contributed by atoms with E-state index in [2.05, 4.69) is 15.0 Å². The van der Waals surface area contributed by atoms with Crippen molar-refractivity contribution < 1.29 is 13.2 Å². The van der Waals surface area contributed by atoms with E-state index >= 15 is 0 Å². The average Bonchev–Trinajstić information content (AvgIpc) is 2.73. The van der Waals surface area contributed by atoms with Crippen LogP contribution in [0.25, 0.3) is 0 Å². The highest BCUT2D eigenvalue weighted by atomic mass is 35.5. The van der Waals surface area contributed by atoms with Gasteiger partial charge in [0.25, 0.3) is 5.91 Å². The summed E-state index contributed by atoms with van der Waals surface area (Å²) in [6.07, 6.45) is 1.01. The summed E-state index contributed by atoms with van der Waals surface area (Å²) < 4.78 is 24.6. The summed E-state index contributed by atoms with van der Waals surface area (Å²) in [5, 5.41) is 3.30. The fourth-order valence-electron chi connectivity index (χ4n) is 1.59. The first kappa shape index (κ1) is 17.0. The molecule has 1 aromatic carbocycles. The predicted octanol–water partition coefficient (Wildman–Crippen LogP) is 3.38. The maximum absolute atomic E-state index is 12.3. The number of amides is 1. The minimum atomic E-state index is -3.45. The molecule has 22 heavy (non-hydrogen) atoms. The Morgan fingerprint density at radius 3 is 2.64 bits per heavy atom. The highest BCUT2D eigenvalue weighted by molar-refractivity contribution is 7.92. The normalized spacial score (nSPS) is 11.3. The molecular formula is C12H11Cl2N3O3S2. The van der Waals surface area contributed by atoms with Crippen molar-refractivity contribution in [3.05, 3.63) is 38.8 Å². The highest BCUT2D eigenvalue weighted by Crippen LogP contribution is 2.31. The SMILES string of the molecule is Cc1nc(NS(C)(=O)=O)sc1C(=O)Nc1cccc(Cl)c1Cl. The molecule has 1 aromatic heterocycles. The lowest BCUT2D eigenvalue weighted by atomic mass is 10.3. The number of thiazole rings is 1. The van der Waals surface area contributed by atoms with Crippen LogP contribution in [0.2, 0.25) is 10.0 Å². The van der Waals surface area contributed by atoms with Crippen molar-refractivity contribution in [3.8, 4) is 0 Å². The van der Waals surface area contributed by atoms with Gasteiger partial charge in [0.2, 0.25) is 10.0 Å². The van der Waals surface area contributed by atoms with Crippen molar-refractivity contribution in [2.24, 2.45) is 0 Å². The van der Waals surface area contributed by atoms with Crippen LogP contribution in [0.4, 0.5) is 10.8 Å². The van der Waals surface area contributed by atoms with Crippen molar-refractivity contribution in [2.75, 3.05) is 16.3 Å². The fraction of sp³-hybridized carbons (Fsp3) is 0.167. The number of aromatic nitrogens is 1. The van der Waals surface area contributed by atoms with Crippen LogP contribution in [0.3, 0.4) is 0 Å². The van der Waals surface area contributed by atoms with Crippen molar-refractivity contribution in [2.45, 2.75) is 6.92 Å². The fourth-order valence-corrected chi connectivity index (χ4v) is 3.63. The summed E-state index contributed by atoms with van der Waals surface area (Å²) >= 11 is 12.8. The first-order valence-corrected chi connectivity index (χ1v) is 9.34. The quantitative estimate of drug-likeness (QED) is 0.851. The number of benzene rings is 1. The molecule has 0 saturated carbocycles. The minimum absolute atomic E-state index is 0.127. The van der Waals surface area contributed by atoms with Gasteiger partial charge in [-0.15, -0.1) is 0 Å². The molecular weight excluding hydrogens is 369 g/mol. The lowest BCUT2D eigenvalue weighted by molar-refractivity contribution is 0.103. The molecule has 1 amide bonds. The van der Waals surface area contributed by atoms with Gasteiger partial charge in [0.05, 0.1) is 27.7 Å². The molecule has 0 aliphatic carbocycles. The van der Waals surface area contributed by atoms with E-state index in [0.29, 0.717) is 16.4 Å². The molecule has 0 unspecified atom stereocenters. The number of nitrogens with one attached hydrogen (secondary N) is 2. The van der Waals surface area contributed by atoms with Crippen LogP contribution in [0, 0.1) is 6.92 Å². The Morgan fingerprint density at radius 1 is 1.32 bits per heavy atom. The summed E-state index contributed by atoms with van der Waals surface area (Å²) in [4.78, 5) is 16.5. The molecule has 0 atom stereocenters. The van der Waals surface area contributed by atoms with E-state index in [0.717, 1.165) is 17.6 Å². The lowest BCUT2D eigenvalue weighted by Gasteiger charge is -2.07. The van der Waals surface area contributed by atoms with Gasteiger partial charge in [0.1, 0.15) is 4.88 Å². The number of hydrogen-bond acceptors (Lipinski definition) is 5. The number of carbonyl (C=O) groups is 1. The molecule has 0 bridgehead atoms. The summed E-state index contributed by atoms with van der Waals surface area (Å²) in [5.41, 5.74) is 0.774. The van der Waals surface area contributed by atoms with Gasteiger partial charge in [0.15, 0.2) is 5.13 Å². The highest BCUT2D eigenvalue weighted by Gasteiger charge is 2.18. The van der Waals surface area contributed by atoms with Gasteiger partial charge in [-0.2, -0.15) is 0 Å². The van der Waals surface area contributed by atoms with Crippen molar-refractivity contribution in [3.63, 3.8) is 0 Å². The molecule has 2 rings (SSSR count). The molecule has 0 aliphatic heterocycles. The molecule has 2 aromatic rings. The van der Waals surface area contributed by atoms with Gasteiger partial charge in [0, 0.05) is 0 Å². The zero-order chi connectivity index (χ0) is 16.5. The predicted molar refractivity (Wildman–Crippen MR) is 89.7 cm³/mol. The van der Waals surface area contributed by atoms with Crippen LogP contribution >= 0.6 is 34.5 Å². The maximum Gasteiger partial charge on any atom is 0.267 e. The van der Waals surface area contributed by atoms with E-state index in [-0.39, 0.29) is 15.0 Å². The van der Waals surface area contributed by atoms with Gasteiger partial charge >= 0.3 is 0 Å². The van der Waals surface area contributed by atoms with E-state index in [4.69, 9.17) is 23.2 Å². The van der Waals surface area contributed by atoms with Gasteiger partial charge in [-0.25, -0.2) is 13.4 Å². The second-order valence-corrected chi connectivity index (χ2v) is 7.90. The monoisotopic (exact) mass is 379 g/mol. The summed E-state index contributed by atoms with van der Waals surface area (Å²) in [6, 6.07) is 4.86. The number of sulfonamides is 1. The van der Waals surface area contributed by atoms with E-state index in [9.17, 15) is 13.2 Å². The van der Waals surface area contributed by atoms with Gasteiger partial charge < -0.3 is 5.32 Å². The number of halogens is 2. The van der Waals surface area contributed by atoms with E-state index in [1.807, 2.05) is 0 Å². The Morgan fingerprint density at radius 2 is 2.00 bits per heavy atom. The molecule has 118 valence electrons. The van der Waals surface area contributed by atoms with Crippen LogP contribution in [0.5, 0.6) is 0 Å². The second kappa shape index (κ2) is 6.41. The van der Waals surface area contributed by atoms with E-state index in [1.54, 1.807) is 25.1 Å². The number of carbonyl (C=O) groups excluding carboxylic acids is 1. The lowest BCUT2D eigenvalue weighted by Crippen LogP contribution is -2.11. The van der Waals surface area contributed by atoms with Crippen LogP contribution in [0.1, 0.15) is 15.4 Å². The average molecular weight is 380 g/mol. The Hall–Kier alpha value is -1.35. The Kier molecular flexibility index (Phi) is 4.96. The molecule has 0 aliphatic rings. The Bertz CT molecular complexity index is 834. The first-order valence-electron chi connectivity index (χ1n) is 5.88. The number of anilines is 2. The maximum atomic E-state index is 12.3. The molecule has 0 spiro atoms. The van der Waals surface area contributed by atoms with Gasteiger partial charge in [-0.1, -0.05) is 40.6 Å². The Balaban J connectivity index is 2.25. The van der Waals surface area contributed by atoms with E-state index < -0.39 is 15.9 Å². The smallest absolute Gasteiger partial charge is 0.267 e. The molecule has 1 heterocycles. The van der Waals surface area contributed by atoms with Crippen LogP contribution < -0.4 is 10.0 Å².